The first kappa shape index (κ1) is 22.3. The molecule has 2 heterocycles. The zero-order chi connectivity index (χ0) is 21.3. The molecular weight excluding hydrogens is 376 g/mol. The highest BCUT2D eigenvalue weighted by Crippen LogP contribution is 2.11. The van der Waals surface area contributed by atoms with E-state index in [-0.39, 0.29) is 0 Å². The van der Waals surface area contributed by atoms with Crippen molar-refractivity contribution in [1.29, 1.82) is 0 Å². The molecule has 0 saturated heterocycles. The number of ether oxygens (including phenoxy) is 2. The quantitative estimate of drug-likeness (QED) is 0.449. The molecule has 30 heavy (non-hydrogen) atoms. The Morgan fingerprint density at radius 3 is 1.20 bits per heavy atom. The topological polar surface area (TPSA) is 61.3 Å². The van der Waals surface area contributed by atoms with E-state index in [1.54, 1.807) is 24.8 Å². The first-order valence-electron chi connectivity index (χ1n) is 9.32. The van der Waals surface area contributed by atoms with Gasteiger partial charge in [-0.2, -0.15) is 0 Å². The van der Waals surface area contributed by atoms with E-state index in [9.17, 15) is 0 Å². The van der Waals surface area contributed by atoms with Crippen molar-refractivity contribution >= 4 is 6.79 Å². The Bertz CT molecular complexity index is 763. The maximum Gasteiger partial charge on any atom is 0.122 e. The number of pyridine rings is 2. The van der Waals surface area contributed by atoms with Gasteiger partial charge < -0.3 is 14.3 Å². The van der Waals surface area contributed by atoms with E-state index in [1.807, 2.05) is 91.7 Å². The number of hydrogen-bond acceptors (Lipinski definition) is 5. The molecule has 4 rings (SSSR count). The number of carbonyl (C=O) groups excluding carboxylic acids is 1. The van der Waals surface area contributed by atoms with Crippen LogP contribution in [0.1, 0.15) is 11.1 Å². The van der Waals surface area contributed by atoms with Crippen molar-refractivity contribution < 1.29 is 14.3 Å². The van der Waals surface area contributed by atoms with Crippen LogP contribution in [0.15, 0.2) is 110 Å². The molecule has 2 aromatic carbocycles. The van der Waals surface area contributed by atoms with Gasteiger partial charge in [-0.1, -0.05) is 60.7 Å². The number of aromatic nitrogens is 2. The Labute approximate surface area is 177 Å². The van der Waals surface area contributed by atoms with Crippen molar-refractivity contribution in [3.05, 3.63) is 121 Å². The van der Waals surface area contributed by atoms with Crippen LogP contribution in [0, 0.1) is 0 Å². The fraction of sp³-hybridized carbons (Fsp3) is 0.0800. The first-order valence-corrected chi connectivity index (χ1v) is 9.32. The Morgan fingerprint density at radius 2 is 0.867 bits per heavy atom. The van der Waals surface area contributed by atoms with Crippen molar-refractivity contribution in [2.75, 3.05) is 0 Å². The van der Waals surface area contributed by atoms with Crippen LogP contribution in [0.4, 0.5) is 0 Å². The van der Waals surface area contributed by atoms with E-state index in [0.717, 1.165) is 11.5 Å². The second kappa shape index (κ2) is 14.1. The third-order valence-electron chi connectivity index (χ3n) is 3.80. The van der Waals surface area contributed by atoms with E-state index in [0.29, 0.717) is 13.2 Å². The molecule has 0 bridgehead atoms. The van der Waals surface area contributed by atoms with E-state index >= 15 is 0 Å². The summed E-state index contributed by atoms with van der Waals surface area (Å²) in [7, 11) is 0. The average Bonchev–Trinajstić information content (AvgIpc) is 2.86. The van der Waals surface area contributed by atoms with E-state index in [4.69, 9.17) is 14.3 Å². The van der Waals surface area contributed by atoms with Gasteiger partial charge >= 0.3 is 0 Å². The molecule has 0 spiro atoms. The molecule has 0 radical (unpaired) electrons. The predicted molar refractivity (Wildman–Crippen MR) is 117 cm³/mol. The Kier molecular flexibility index (Phi) is 10.5. The molecule has 0 saturated carbocycles. The van der Waals surface area contributed by atoms with Crippen LogP contribution in [0.5, 0.6) is 11.5 Å². The van der Waals surface area contributed by atoms with E-state index < -0.39 is 0 Å². The number of benzene rings is 2. The zero-order valence-electron chi connectivity index (χ0n) is 16.6. The Morgan fingerprint density at radius 1 is 0.533 bits per heavy atom. The van der Waals surface area contributed by atoms with E-state index in [1.165, 1.54) is 11.1 Å². The Hall–Kier alpha value is -3.99. The Balaban J connectivity index is 0.000000197. The highest BCUT2D eigenvalue weighted by molar-refractivity contribution is 5.20. The van der Waals surface area contributed by atoms with Crippen molar-refractivity contribution in [3.8, 4) is 11.5 Å². The minimum Gasteiger partial charge on any atom is -0.489 e. The van der Waals surface area contributed by atoms with Crippen molar-refractivity contribution in [3.63, 3.8) is 0 Å². The molecule has 0 aliphatic carbocycles. The molecule has 152 valence electrons. The van der Waals surface area contributed by atoms with E-state index in [2.05, 4.69) is 9.97 Å². The van der Waals surface area contributed by atoms with Gasteiger partial charge in [-0.05, 0) is 35.4 Å². The molecule has 0 aliphatic rings. The highest BCUT2D eigenvalue weighted by atomic mass is 16.5. The molecule has 0 amide bonds. The van der Waals surface area contributed by atoms with Gasteiger partial charge in [0.15, 0.2) is 0 Å². The lowest BCUT2D eigenvalue weighted by Crippen LogP contribution is -1.94. The van der Waals surface area contributed by atoms with Gasteiger partial charge in [0.25, 0.3) is 0 Å². The summed E-state index contributed by atoms with van der Waals surface area (Å²) in [6.07, 6.45) is 6.89. The van der Waals surface area contributed by atoms with Gasteiger partial charge in [-0.25, -0.2) is 0 Å². The largest absolute Gasteiger partial charge is 0.489 e. The summed E-state index contributed by atoms with van der Waals surface area (Å²) in [6, 6.07) is 27.6. The molecule has 0 aliphatic heterocycles. The maximum absolute atomic E-state index is 8.00. The molecule has 0 atom stereocenters. The summed E-state index contributed by atoms with van der Waals surface area (Å²) >= 11 is 0. The lowest BCUT2D eigenvalue weighted by atomic mass is 10.2. The van der Waals surface area contributed by atoms with Crippen LogP contribution < -0.4 is 9.47 Å². The van der Waals surface area contributed by atoms with Crippen molar-refractivity contribution in [1.82, 2.24) is 9.97 Å². The standard InChI is InChI=1S/2C12H11NO.CH2O/c2*1-2-4-11(5-3-1)10-14-12-6-8-13-9-7-12;1-2/h2*1-9H,10H2;1H2. The fourth-order valence-electron chi connectivity index (χ4n) is 2.35. The van der Waals surface area contributed by atoms with Gasteiger partial charge in [0.2, 0.25) is 0 Å². The number of nitrogens with zero attached hydrogens (tertiary/aromatic N) is 2. The first-order chi connectivity index (χ1) is 14.9. The average molecular weight is 400 g/mol. The van der Waals surface area contributed by atoms with Crippen LogP contribution in [0.25, 0.3) is 0 Å². The summed E-state index contributed by atoms with van der Waals surface area (Å²) in [5.74, 6) is 1.70. The van der Waals surface area contributed by atoms with Gasteiger partial charge in [0.1, 0.15) is 31.5 Å². The summed E-state index contributed by atoms with van der Waals surface area (Å²) in [5, 5.41) is 0. The highest BCUT2D eigenvalue weighted by Gasteiger charge is 1.94. The van der Waals surface area contributed by atoms with Gasteiger partial charge in [-0.15, -0.1) is 0 Å². The third kappa shape index (κ3) is 8.80. The molecule has 5 nitrogen and oxygen atoms in total. The number of hydrogen-bond donors (Lipinski definition) is 0. The van der Waals surface area contributed by atoms with Gasteiger partial charge in [-0.3, -0.25) is 9.97 Å². The number of carbonyl (C=O) groups is 1. The van der Waals surface area contributed by atoms with Crippen LogP contribution in [0.2, 0.25) is 0 Å². The van der Waals surface area contributed by atoms with Crippen LogP contribution in [-0.4, -0.2) is 16.8 Å². The molecule has 4 aromatic rings. The predicted octanol–water partition coefficient (Wildman–Crippen LogP) is 5.14. The van der Waals surface area contributed by atoms with Crippen molar-refractivity contribution in [2.45, 2.75) is 13.2 Å². The number of rotatable bonds is 6. The maximum atomic E-state index is 8.00. The molecule has 0 N–H and O–H groups in total. The summed E-state index contributed by atoms with van der Waals surface area (Å²) < 4.78 is 11.1. The fourth-order valence-corrected chi connectivity index (χ4v) is 2.35. The molecule has 5 heteroatoms. The van der Waals surface area contributed by atoms with Crippen LogP contribution in [-0.2, 0) is 18.0 Å². The smallest absolute Gasteiger partial charge is 0.122 e. The monoisotopic (exact) mass is 400 g/mol. The molecule has 0 fully saturated rings. The van der Waals surface area contributed by atoms with Crippen molar-refractivity contribution in [2.24, 2.45) is 0 Å². The summed E-state index contributed by atoms with van der Waals surface area (Å²) in [6.45, 7) is 3.20. The SMILES string of the molecule is C=O.c1ccc(COc2ccncc2)cc1.c1ccc(COc2ccncc2)cc1. The van der Waals surface area contributed by atoms with Crippen LogP contribution in [0.3, 0.4) is 0 Å². The second-order valence-corrected chi connectivity index (χ2v) is 5.91. The normalized spacial score (nSPS) is 9.20. The minimum atomic E-state index is 0.602. The third-order valence-corrected chi connectivity index (χ3v) is 3.80. The van der Waals surface area contributed by atoms with Crippen LogP contribution >= 0.6 is 0 Å². The zero-order valence-corrected chi connectivity index (χ0v) is 16.6. The second-order valence-electron chi connectivity index (χ2n) is 5.91. The molecular formula is C25H24N2O3. The lowest BCUT2D eigenvalue weighted by molar-refractivity contribution is -0.0979. The van der Waals surface area contributed by atoms with Gasteiger partial charge in [0, 0.05) is 24.8 Å². The van der Waals surface area contributed by atoms with Gasteiger partial charge in [0.05, 0.1) is 0 Å². The minimum absolute atomic E-state index is 0.602. The lowest BCUT2D eigenvalue weighted by Gasteiger charge is -2.04. The summed E-state index contributed by atoms with van der Waals surface area (Å²) in [5.41, 5.74) is 2.34. The molecule has 2 aromatic heterocycles. The summed E-state index contributed by atoms with van der Waals surface area (Å²) in [4.78, 5) is 15.8. The molecule has 0 unspecified atom stereocenters.